The van der Waals surface area contributed by atoms with Crippen LogP contribution in [0.1, 0.15) is 30.0 Å². The van der Waals surface area contributed by atoms with Crippen LogP contribution in [0.15, 0.2) is 60.0 Å². The van der Waals surface area contributed by atoms with Crippen LogP contribution < -0.4 is 5.32 Å². The molecule has 0 bridgehead atoms. The summed E-state index contributed by atoms with van der Waals surface area (Å²) in [5, 5.41) is 2.77. The van der Waals surface area contributed by atoms with E-state index in [-0.39, 0.29) is 23.1 Å². The summed E-state index contributed by atoms with van der Waals surface area (Å²) in [6.45, 7) is 4.32. The third-order valence-corrected chi connectivity index (χ3v) is 6.50. The first-order chi connectivity index (χ1) is 13.9. The highest BCUT2D eigenvalue weighted by Gasteiger charge is 2.35. The van der Waals surface area contributed by atoms with Gasteiger partial charge in [0.15, 0.2) is 5.69 Å². The van der Waals surface area contributed by atoms with E-state index in [9.17, 15) is 13.2 Å². The summed E-state index contributed by atoms with van der Waals surface area (Å²) in [6.07, 6.45) is 4.65. The molecular weight excluding hydrogens is 390 g/mol. The highest BCUT2D eigenvalue weighted by Crippen LogP contribution is 2.31. The first-order valence-electron chi connectivity index (χ1n) is 9.25. The van der Waals surface area contributed by atoms with Gasteiger partial charge in [0.05, 0.1) is 29.8 Å². The molecule has 0 aliphatic carbocycles. The Morgan fingerprint density at radius 3 is 2.72 bits per heavy atom. The quantitative estimate of drug-likeness (QED) is 0.712. The Morgan fingerprint density at radius 1 is 1.21 bits per heavy atom. The molecule has 0 unspecified atom stereocenters. The molecule has 1 aliphatic rings. The van der Waals surface area contributed by atoms with E-state index in [1.54, 1.807) is 47.2 Å². The number of hydrogen-bond donors (Lipinski definition) is 1. The van der Waals surface area contributed by atoms with Gasteiger partial charge in [-0.3, -0.25) is 14.3 Å². The van der Waals surface area contributed by atoms with E-state index in [0.29, 0.717) is 23.6 Å². The summed E-state index contributed by atoms with van der Waals surface area (Å²) >= 11 is 0. The second-order valence-electron chi connectivity index (χ2n) is 7.26. The van der Waals surface area contributed by atoms with E-state index in [0.717, 1.165) is 0 Å². The van der Waals surface area contributed by atoms with Crippen molar-refractivity contribution in [1.29, 1.82) is 0 Å². The van der Waals surface area contributed by atoms with Crippen LogP contribution in [-0.4, -0.2) is 39.7 Å². The molecule has 1 aromatic carbocycles. The van der Waals surface area contributed by atoms with Gasteiger partial charge in [-0.15, -0.1) is 0 Å². The number of para-hydroxylation sites is 1. The lowest BCUT2D eigenvalue weighted by Crippen LogP contribution is -2.33. The highest BCUT2D eigenvalue weighted by atomic mass is 32.2. The number of aromatic nitrogens is 3. The molecule has 9 heteroatoms. The van der Waals surface area contributed by atoms with E-state index in [1.807, 2.05) is 13.8 Å². The molecule has 4 rings (SSSR count). The van der Waals surface area contributed by atoms with Crippen molar-refractivity contribution in [3.05, 3.63) is 66.5 Å². The number of benzene rings is 1. The molecule has 8 nitrogen and oxygen atoms in total. The van der Waals surface area contributed by atoms with E-state index >= 15 is 0 Å². The monoisotopic (exact) mass is 411 g/mol. The standard InChI is InChI=1S/C20H21N5O3S/c1-14(2)11-24-12-17-19(20(26)23-15-6-5-9-21-10-15)22-13-25(17)16-7-3-4-8-18(16)29(24,27)28/h3-10,13-14H,11-12H2,1-2H3,(H,23,26). The molecule has 0 radical (unpaired) electrons. The van der Waals surface area contributed by atoms with Crippen molar-refractivity contribution >= 4 is 21.6 Å². The maximum absolute atomic E-state index is 13.3. The summed E-state index contributed by atoms with van der Waals surface area (Å²) in [7, 11) is -3.71. The van der Waals surface area contributed by atoms with Crippen molar-refractivity contribution in [2.45, 2.75) is 25.3 Å². The molecule has 2 aromatic heterocycles. The molecule has 1 aliphatic heterocycles. The number of imidazole rings is 1. The van der Waals surface area contributed by atoms with Crippen molar-refractivity contribution in [2.24, 2.45) is 5.92 Å². The third-order valence-electron chi connectivity index (χ3n) is 4.64. The van der Waals surface area contributed by atoms with Crippen molar-refractivity contribution in [1.82, 2.24) is 18.8 Å². The number of carbonyl (C=O) groups excluding carboxylic acids is 1. The van der Waals surface area contributed by atoms with Crippen LogP contribution in [-0.2, 0) is 16.6 Å². The third kappa shape index (κ3) is 3.54. The summed E-state index contributed by atoms with van der Waals surface area (Å²) in [5.41, 5.74) is 1.75. The Hall–Kier alpha value is -3.04. The Morgan fingerprint density at radius 2 is 2.00 bits per heavy atom. The highest BCUT2D eigenvalue weighted by molar-refractivity contribution is 7.89. The van der Waals surface area contributed by atoms with Gasteiger partial charge in [-0.05, 0) is 30.2 Å². The van der Waals surface area contributed by atoms with Crippen LogP contribution in [0.25, 0.3) is 5.69 Å². The summed E-state index contributed by atoms with van der Waals surface area (Å²) in [5.74, 6) is -0.285. The number of pyridine rings is 1. The molecular formula is C20H21N5O3S. The molecule has 0 saturated heterocycles. The molecule has 3 aromatic rings. The molecule has 0 fully saturated rings. The topological polar surface area (TPSA) is 97.2 Å². The fourth-order valence-electron chi connectivity index (χ4n) is 3.38. The van der Waals surface area contributed by atoms with Crippen LogP contribution in [0.2, 0.25) is 0 Å². The van der Waals surface area contributed by atoms with E-state index in [1.165, 1.54) is 16.8 Å². The second-order valence-corrected chi connectivity index (χ2v) is 9.17. The van der Waals surface area contributed by atoms with Gasteiger partial charge in [0.25, 0.3) is 5.91 Å². The molecule has 29 heavy (non-hydrogen) atoms. The summed E-state index contributed by atoms with van der Waals surface area (Å²) < 4.78 is 29.7. The second kappa shape index (κ2) is 7.41. The first kappa shape index (κ1) is 19.3. The number of anilines is 1. The number of nitrogens with zero attached hydrogens (tertiary/aromatic N) is 4. The zero-order valence-electron chi connectivity index (χ0n) is 16.1. The van der Waals surface area contributed by atoms with Crippen molar-refractivity contribution in [3.63, 3.8) is 0 Å². The molecule has 3 heterocycles. The van der Waals surface area contributed by atoms with E-state index in [4.69, 9.17) is 0 Å². The largest absolute Gasteiger partial charge is 0.319 e. The van der Waals surface area contributed by atoms with Gasteiger partial charge >= 0.3 is 0 Å². The van der Waals surface area contributed by atoms with Gasteiger partial charge in [0.2, 0.25) is 10.0 Å². The minimum Gasteiger partial charge on any atom is -0.319 e. The fraction of sp³-hybridized carbons (Fsp3) is 0.250. The molecule has 1 amide bonds. The Bertz CT molecular complexity index is 1160. The van der Waals surface area contributed by atoms with Crippen molar-refractivity contribution in [2.75, 3.05) is 11.9 Å². The molecule has 0 saturated carbocycles. The van der Waals surface area contributed by atoms with Gasteiger partial charge < -0.3 is 5.32 Å². The lowest BCUT2D eigenvalue weighted by Gasteiger charge is -2.22. The van der Waals surface area contributed by atoms with Gasteiger partial charge in [-0.25, -0.2) is 13.4 Å². The van der Waals surface area contributed by atoms with Gasteiger partial charge in [-0.1, -0.05) is 26.0 Å². The predicted octanol–water partition coefficient (Wildman–Crippen LogP) is 2.68. The fourth-order valence-corrected chi connectivity index (χ4v) is 5.13. The summed E-state index contributed by atoms with van der Waals surface area (Å²) in [4.78, 5) is 21.4. The number of fused-ring (bicyclic) bond motifs is 3. The van der Waals surface area contributed by atoms with E-state index < -0.39 is 15.9 Å². The summed E-state index contributed by atoms with van der Waals surface area (Å²) in [6, 6.07) is 10.2. The zero-order valence-corrected chi connectivity index (χ0v) is 16.9. The van der Waals surface area contributed by atoms with Crippen LogP contribution in [0.4, 0.5) is 5.69 Å². The average Bonchev–Trinajstić information content (AvgIpc) is 3.08. The average molecular weight is 411 g/mol. The zero-order chi connectivity index (χ0) is 20.6. The van der Waals surface area contributed by atoms with Gasteiger partial charge in [-0.2, -0.15) is 4.31 Å². The molecule has 1 N–H and O–H groups in total. The number of amides is 1. The molecule has 0 spiro atoms. The van der Waals surface area contributed by atoms with Crippen LogP contribution in [0, 0.1) is 5.92 Å². The van der Waals surface area contributed by atoms with E-state index in [2.05, 4.69) is 15.3 Å². The number of nitrogens with one attached hydrogen (secondary N) is 1. The molecule has 150 valence electrons. The van der Waals surface area contributed by atoms with Crippen molar-refractivity contribution in [3.8, 4) is 5.69 Å². The minimum absolute atomic E-state index is 0.0605. The number of hydrogen-bond acceptors (Lipinski definition) is 5. The number of rotatable bonds is 4. The van der Waals surface area contributed by atoms with Gasteiger partial charge in [0.1, 0.15) is 11.2 Å². The molecule has 0 atom stereocenters. The van der Waals surface area contributed by atoms with Crippen LogP contribution in [0.5, 0.6) is 0 Å². The number of carbonyl (C=O) groups is 1. The number of sulfonamides is 1. The Balaban J connectivity index is 1.82. The normalized spacial score (nSPS) is 15.4. The van der Waals surface area contributed by atoms with Crippen molar-refractivity contribution < 1.29 is 13.2 Å². The Labute approximate surface area is 169 Å². The Kier molecular flexibility index (Phi) is 4.93. The smallest absolute Gasteiger partial charge is 0.276 e. The van der Waals surface area contributed by atoms with Crippen LogP contribution >= 0.6 is 0 Å². The SMILES string of the molecule is CC(C)CN1Cc2c(C(=O)Nc3cccnc3)ncn2-c2ccccc2S1(=O)=O. The van der Waals surface area contributed by atoms with Gasteiger partial charge in [0, 0.05) is 12.7 Å². The van der Waals surface area contributed by atoms with Crippen LogP contribution in [0.3, 0.4) is 0 Å². The lowest BCUT2D eigenvalue weighted by molar-refractivity contribution is 0.102. The maximum atomic E-state index is 13.3. The first-order valence-corrected chi connectivity index (χ1v) is 10.7. The lowest BCUT2D eigenvalue weighted by atomic mass is 10.2. The predicted molar refractivity (Wildman–Crippen MR) is 108 cm³/mol. The minimum atomic E-state index is -3.71. The maximum Gasteiger partial charge on any atom is 0.276 e.